The van der Waals surface area contributed by atoms with Crippen LogP contribution < -0.4 is 0 Å². The minimum Gasteiger partial charge on any atom is -0.260 e. The van der Waals surface area contributed by atoms with E-state index in [9.17, 15) is 4.39 Å². The molecule has 0 amide bonds. The van der Waals surface area contributed by atoms with Crippen molar-refractivity contribution in [1.82, 2.24) is 14.8 Å². The summed E-state index contributed by atoms with van der Waals surface area (Å²) in [6.07, 6.45) is 4.13. The van der Waals surface area contributed by atoms with Crippen LogP contribution in [0.2, 0.25) is 0 Å². The molecule has 0 radical (unpaired) electrons. The Morgan fingerprint density at radius 3 is 2.68 bits per heavy atom. The number of halogens is 1. The Morgan fingerprint density at radius 2 is 1.91 bits per heavy atom. The van der Waals surface area contributed by atoms with Crippen molar-refractivity contribution in [3.05, 3.63) is 65.7 Å². The largest absolute Gasteiger partial charge is 0.260 e. The first-order chi connectivity index (χ1) is 10.7. The molecule has 1 aromatic carbocycles. The minimum absolute atomic E-state index is 0.238. The highest BCUT2D eigenvalue weighted by Crippen LogP contribution is 2.36. The lowest BCUT2D eigenvalue weighted by molar-refractivity contribution is 0.628. The van der Waals surface area contributed by atoms with Gasteiger partial charge in [-0.05, 0) is 42.8 Å². The van der Waals surface area contributed by atoms with Crippen molar-refractivity contribution in [2.24, 2.45) is 0 Å². The molecule has 0 N–H and O–H groups in total. The molecule has 2 aromatic heterocycles. The second-order valence-corrected chi connectivity index (χ2v) is 5.36. The summed E-state index contributed by atoms with van der Waals surface area (Å²) in [6.45, 7) is 2.72. The van der Waals surface area contributed by atoms with Crippen LogP contribution in [0.25, 0.3) is 28.6 Å². The molecule has 0 spiro atoms. The zero-order chi connectivity index (χ0) is 15.1. The van der Waals surface area contributed by atoms with E-state index in [1.54, 1.807) is 12.1 Å². The molecule has 0 unspecified atom stereocenters. The summed E-state index contributed by atoms with van der Waals surface area (Å²) >= 11 is 0. The average molecular weight is 291 g/mol. The Labute approximate surface area is 127 Å². The van der Waals surface area contributed by atoms with Gasteiger partial charge in [-0.2, -0.15) is 5.10 Å². The Hall–Kier alpha value is -2.75. The molecule has 1 aliphatic rings. The van der Waals surface area contributed by atoms with Crippen molar-refractivity contribution in [3.8, 4) is 22.5 Å². The maximum atomic E-state index is 13.2. The van der Waals surface area contributed by atoms with Crippen LogP contribution in [0.15, 0.2) is 48.5 Å². The zero-order valence-electron chi connectivity index (χ0n) is 12.1. The summed E-state index contributed by atoms with van der Waals surface area (Å²) in [6, 6.07) is 12.4. The van der Waals surface area contributed by atoms with Gasteiger partial charge in [-0.1, -0.05) is 24.3 Å². The topological polar surface area (TPSA) is 30.7 Å². The second-order valence-electron chi connectivity index (χ2n) is 5.36. The molecule has 3 heterocycles. The molecule has 1 aliphatic heterocycles. The SMILES string of the molecule is Cc1cccc(-c2nn3c(c2-c2ccc(F)cc2)C=CC3)n1. The molecule has 4 rings (SSSR count). The number of hydrogen-bond acceptors (Lipinski definition) is 2. The van der Waals surface area contributed by atoms with Gasteiger partial charge in [-0.25, -0.2) is 4.39 Å². The van der Waals surface area contributed by atoms with E-state index in [0.29, 0.717) is 0 Å². The monoisotopic (exact) mass is 291 g/mol. The van der Waals surface area contributed by atoms with Crippen molar-refractivity contribution >= 4 is 6.08 Å². The van der Waals surface area contributed by atoms with Crippen LogP contribution in [-0.2, 0) is 6.54 Å². The molecule has 3 nitrogen and oxygen atoms in total. The number of allylic oxidation sites excluding steroid dienone is 1. The van der Waals surface area contributed by atoms with E-state index in [1.807, 2.05) is 29.8 Å². The van der Waals surface area contributed by atoms with Gasteiger partial charge in [0.2, 0.25) is 0 Å². The lowest BCUT2D eigenvalue weighted by Gasteiger charge is -2.05. The lowest BCUT2D eigenvalue weighted by Crippen LogP contribution is -1.95. The van der Waals surface area contributed by atoms with E-state index in [-0.39, 0.29) is 5.82 Å². The molecule has 0 saturated carbocycles. The maximum Gasteiger partial charge on any atom is 0.123 e. The van der Waals surface area contributed by atoms with Crippen LogP contribution in [0.5, 0.6) is 0 Å². The normalized spacial score (nSPS) is 12.6. The van der Waals surface area contributed by atoms with Crippen molar-refractivity contribution in [2.45, 2.75) is 13.5 Å². The predicted octanol–water partition coefficient (Wildman–Crippen LogP) is 4.09. The van der Waals surface area contributed by atoms with Crippen LogP contribution in [-0.4, -0.2) is 14.8 Å². The number of rotatable bonds is 2. The number of nitrogens with zero attached hydrogens (tertiary/aromatic N) is 3. The van der Waals surface area contributed by atoms with Gasteiger partial charge in [0.05, 0.1) is 17.9 Å². The molecule has 108 valence electrons. The minimum atomic E-state index is -0.238. The first-order valence-corrected chi connectivity index (χ1v) is 7.20. The van der Waals surface area contributed by atoms with E-state index < -0.39 is 0 Å². The van der Waals surface area contributed by atoms with E-state index >= 15 is 0 Å². The molecule has 0 saturated heterocycles. The number of fused-ring (bicyclic) bond motifs is 1. The Morgan fingerprint density at radius 1 is 1.09 bits per heavy atom. The maximum absolute atomic E-state index is 13.2. The fourth-order valence-electron chi connectivity index (χ4n) is 2.80. The van der Waals surface area contributed by atoms with Gasteiger partial charge in [0.15, 0.2) is 0 Å². The third-order valence-corrected chi connectivity index (χ3v) is 3.81. The molecule has 3 aromatic rings. The Balaban J connectivity index is 1.96. The van der Waals surface area contributed by atoms with Gasteiger partial charge in [-0.15, -0.1) is 0 Å². The number of hydrogen-bond donors (Lipinski definition) is 0. The summed E-state index contributed by atoms with van der Waals surface area (Å²) in [5.41, 5.74) is 5.64. The Bertz CT molecular complexity index is 876. The zero-order valence-corrected chi connectivity index (χ0v) is 12.1. The van der Waals surface area contributed by atoms with E-state index in [1.165, 1.54) is 12.1 Å². The van der Waals surface area contributed by atoms with Crippen LogP contribution in [0.3, 0.4) is 0 Å². The van der Waals surface area contributed by atoms with Gasteiger partial charge in [0.25, 0.3) is 0 Å². The number of pyridine rings is 1. The fraction of sp³-hybridized carbons (Fsp3) is 0.111. The average Bonchev–Trinajstić information content (AvgIpc) is 3.09. The van der Waals surface area contributed by atoms with Crippen molar-refractivity contribution in [1.29, 1.82) is 0 Å². The standard InChI is InChI=1S/C18H14FN3/c1-12-4-2-5-15(20-12)18-17(13-7-9-14(19)10-8-13)16-6-3-11-22(16)21-18/h2-10H,11H2,1H3. The fourth-order valence-corrected chi connectivity index (χ4v) is 2.80. The first-order valence-electron chi connectivity index (χ1n) is 7.20. The summed E-state index contributed by atoms with van der Waals surface area (Å²) in [7, 11) is 0. The highest BCUT2D eigenvalue weighted by Gasteiger charge is 2.21. The summed E-state index contributed by atoms with van der Waals surface area (Å²) < 4.78 is 15.2. The highest BCUT2D eigenvalue weighted by atomic mass is 19.1. The van der Waals surface area contributed by atoms with E-state index in [4.69, 9.17) is 5.10 Å². The predicted molar refractivity (Wildman–Crippen MR) is 84.6 cm³/mol. The highest BCUT2D eigenvalue weighted by molar-refractivity contribution is 5.86. The van der Waals surface area contributed by atoms with E-state index in [0.717, 1.165) is 40.4 Å². The second kappa shape index (κ2) is 4.91. The molecular weight excluding hydrogens is 277 g/mol. The van der Waals surface area contributed by atoms with Gasteiger partial charge < -0.3 is 0 Å². The van der Waals surface area contributed by atoms with Crippen molar-refractivity contribution < 1.29 is 4.39 Å². The molecule has 0 aliphatic carbocycles. The number of aromatic nitrogens is 3. The number of aryl methyl sites for hydroxylation is 1. The quantitative estimate of drug-likeness (QED) is 0.712. The van der Waals surface area contributed by atoms with Gasteiger partial charge in [-0.3, -0.25) is 9.67 Å². The molecule has 0 fully saturated rings. The first kappa shape index (κ1) is 13.0. The molecule has 0 bridgehead atoms. The van der Waals surface area contributed by atoms with Crippen LogP contribution in [0, 0.1) is 12.7 Å². The molecule has 22 heavy (non-hydrogen) atoms. The van der Waals surface area contributed by atoms with Crippen LogP contribution in [0.4, 0.5) is 4.39 Å². The molecule has 0 atom stereocenters. The van der Waals surface area contributed by atoms with Crippen molar-refractivity contribution in [2.75, 3.05) is 0 Å². The van der Waals surface area contributed by atoms with Crippen molar-refractivity contribution in [3.63, 3.8) is 0 Å². The third-order valence-electron chi connectivity index (χ3n) is 3.81. The van der Waals surface area contributed by atoms with E-state index in [2.05, 4.69) is 17.1 Å². The summed E-state index contributed by atoms with van der Waals surface area (Å²) in [5.74, 6) is -0.238. The summed E-state index contributed by atoms with van der Waals surface area (Å²) in [4.78, 5) is 4.59. The lowest BCUT2D eigenvalue weighted by atomic mass is 10.0. The summed E-state index contributed by atoms with van der Waals surface area (Å²) in [5, 5.41) is 4.70. The smallest absolute Gasteiger partial charge is 0.123 e. The Kier molecular flexibility index (Phi) is 2.89. The van der Waals surface area contributed by atoms with Gasteiger partial charge >= 0.3 is 0 Å². The molecular formula is C18H14FN3. The van der Waals surface area contributed by atoms with Gasteiger partial charge in [0, 0.05) is 11.3 Å². The number of benzene rings is 1. The van der Waals surface area contributed by atoms with Crippen LogP contribution >= 0.6 is 0 Å². The molecule has 4 heteroatoms. The van der Waals surface area contributed by atoms with Gasteiger partial charge in [0.1, 0.15) is 11.5 Å². The van der Waals surface area contributed by atoms with Crippen LogP contribution in [0.1, 0.15) is 11.4 Å². The third kappa shape index (κ3) is 2.04.